The van der Waals surface area contributed by atoms with Crippen LogP contribution in [-0.4, -0.2) is 29.4 Å². The van der Waals surface area contributed by atoms with Gasteiger partial charge in [0.05, 0.1) is 6.04 Å². The second-order valence-corrected chi connectivity index (χ2v) is 11.0. The van der Waals surface area contributed by atoms with E-state index < -0.39 is 0 Å². The van der Waals surface area contributed by atoms with Gasteiger partial charge in [0, 0.05) is 17.6 Å². The van der Waals surface area contributed by atoms with Gasteiger partial charge >= 0.3 is 0 Å². The van der Waals surface area contributed by atoms with E-state index in [1.165, 1.54) is 11.1 Å². The largest absolute Gasteiger partial charge is 0.489 e. The first kappa shape index (κ1) is 28.0. The number of carbonyl (C=O) groups excluding carboxylic acids is 1. The fraction of sp³-hybridized carbons (Fsp3) is 0.324. The number of allylic oxidation sites excluding steroid dienone is 3. The molecule has 0 bridgehead atoms. The molecule has 5 rings (SSSR count). The molecule has 0 saturated heterocycles. The minimum atomic E-state index is -0.220. The van der Waals surface area contributed by atoms with Crippen LogP contribution in [-0.2, 0) is 24.4 Å². The Morgan fingerprint density at radius 2 is 1.88 bits per heavy atom. The molecule has 3 atom stereocenters. The van der Waals surface area contributed by atoms with Crippen LogP contribution in [0.5, 0.6) is 17.2 Å². The molecule has 0 aromatic heterocycles. The Morgan fingerprint density at radius 1 is 1.10 bits per heavy atom. The average molecular weight is 558 g/mol. The van der Waals surface area contributed by atoms with Crippen molar-refractivity contribution in [1.29, 1.82) is 0 Å². The third kappa shape index (κ3) is 6.27. The minimum absolute atomic E-state index is 0.138. The molecule has 0 spiro atoms. The fourth-order valence-corrected chi connectivity index (χ4v) is 5.55. The summed E-state index contributed by atoms with van der Waals surface area (Å²) in [5, 5.41) is 0.699. The summed E-state index contributed by atoms with van der Waals surface area (Å²) < 4.78 is 18.6. The second-order valence-electron chi connectivity index (χ2n) is 10.6. The van der Waals surface area contributed by atoms with Gasteiger partial charge in [-0.1, -0.05) is 59.7 Å². The highest BCUT2D eigenvalue weighted by Gasteiger charge is 2.34. The molecule has 6 heteroatoms. The van der Waals surface area contributed by atoms with Crippen LogP contribution in [0.15, 0.2) is 84.5 Å². The Morgan fingerprint density at radius 3 is 2.60 bits per heavy atom. The van der Waals surface area contributed by atoms with Crippen molar-refractivity contribution in [2.75, 3.05) is 6.61 Å². The molecule has 0 radical (unpaired) electrons. The lowest BCUT2D eigenvalue weighted by Crippen LogP contribution is -2.49. The molecule has 0 saturated carbocycles. The van der Waals surface area contributed by atoms with Gasteiger partial charge in [0.15, 0.2) is 17.6 Å². The summed E-state index contributed by atoms with van der Waals surface area (Å²) in [6.45, 7) is 9.55. The van der Waals surface area contributed by atoms with Crippen molar-refractivity contribution < 1.29 is 19.0 Å². The first-order valence-electron chi connectivity index (χ1n) is 13.8. The number of fused-ring (bicyclic) bond motifs is 2. The molecular weight excluding hydrogens is 522 g/mol. The quantitative estimate of drug-likeness (QED) is 0.266. The second kappa shape index (κ2) is 12.3. The van der Waals surface area contributed by atoms with E-state index in [-0.39, 0.29) is 24.0 Å². The van der Waals surface area contributed by atoms with Gasteiger partial charge in [-0.2, -0.15) is 0 Å². The average Bonchev–Trinajstić information content (AvgIpc) is 2.96. The summed E-state index contributed by atoms with van der Waals surface area (Å²) in [7, 11) is 0. The Labute approximate surface area is 242 Å². The zero-order chi connectivity index (χ0) is 28.2. The van der Waals surface area contributed by atoms with Crippen molar-refractivity contribution in [3.05, 3.63) is 112 Å². The van der Waals surface area contributed by atoms with Gasteiger partial charge in [-0.15, -0.1) is 0 Å². The number of ether oxygens (including phenoxy) is 3. The SMILES string of the molecule is C/C=C\C=C(/C)C(C)N1Cc2cc3c(cc2CC1C(C)=O)OCC(c1ccc(OCc2cccc(Cl)c2)cc1)O3. The van der Waals surface area contributed by atoms with Gasteiger partial charge in [-0.3, -0.25) is 9.69 Å². The maximum Gasteiger partial charge on any atom is 0.162 e. The minimum Gasteiger partial charge on any atom is -0.489 e. The molecule has 0 fully saturated rings. The lowest BCUT2D eigenvalue weighted by Gasteiger charge is -2.40. The maximum atomic E-state index is 12.7. The highest BCUT2D eigenvalue weighted by Crippen LogP contribution is 2.41. The molecular formula is C34H36ClNO4. The Hall–Kier alpha value is -3.54. The van der Waals surface area contributed by atoms with Crippen LogP contribution < -0.4 is 14.2 Å². The van der Waals surface area contributed by atoms with E-state index in [1.807, 2.05) is 67.6 Å². The normalized spacial score (nSPS) is 19.8. The molecule has 2 aliphatic heterocycles. The lowest BCUT2D eigenvalue weighted by molar-refractivity contribution is -0.123. The number of hydrogen-bond acceptors (Lipinski definition) is 5. The van der Waals surface area contributed by atoms with Crippen LogP contribution in [0.4, 0.5) is 0 Å². The van der Waals surface area contributed by atoms with E-state index in [0.29, 0.717) is 31.2 Å². The van der Waals surface area contributed by atoms with Gasteiger partial charge in [-0.25, -0.2) is 0 Å². The van der Waals surface area contributed by atoms with Crippen LogP contribution in [0.1, 0.15) is 56.1 Å². The number of rotatable bonds is 8. The highest BCUT2D eigenvalue weighted by molar-refractivity contribution is 6.30. The molecule has 208 valence electrons. The lowest BCUT2D eigenvalue weighted by atomic mass is 9.89. The molecule has 0 N–H and O–H groups in total. The molecule has 3 aromatic rings. The smallest absolute Gasteiger partial charge is 0.162 e. The number of ketones is 1. The van der Waals surface area contributed by atoms with E-state index >= 15 is 0 Å². The van der Waals surface area contributed by atoms with Gasteiger partial charge in [-0.05, 0) is 92.8 Å². The van der Waals surface area contributed by atoms with E-state index in [1.54, 1.807) is 6.92 Å². The Balaban J connectivity index is 1.30. The summed E-state index contributed by atoms with van der Waals surface area (Å²) >= 11 is 6.08. The number of benzene rings is 3. The molecule has 5 nitrogen and oxygen atoms in total. The van der Waals surface area contributed by atoms with Crippen molar-refractivity contribution in [1.82, 2.24) is 4.90 Å². The van der Waals surface area contributed by atoms with Gasteiger partial charge in [0.25, 0.3) is 0 Å². The number of carbonyl (C=O) groups is 1. The molecule has 2 aliphatic rings. The monoisotopic (exact) mass is 557 g/mol. The van der Waals surface area contributed by atoms with E-state index in [0.717, 1.165) is 33.9 Å². The third-order valence-electron chi connectivity index (χ3n) is 7.82. The number of nitrogens with zero attached hydrogens (tertiary/aromatic N) is 1. The van der Waals surface area contributed by atoms with E-state index in [2.05, 4.69) is 37.0 Å². The predicted molar refractivity (Wildman–Crippen MR) is 159 cm³/mol. The number of hydrogen-bond donors (Lipinski definition) is 0. The van der Waals surface area contributed by atoms with Crippen molar-refractivity contribution in [3.8, 4) is 17.2 Å². The van der Waals surface area contributed by atoms with Crippen molar-refractivity contribution in [2.24, 2.45) is 0 Å². The summed E-state index contributed by atoms with van der Waals surface area (Å²) in [6, 6.07) is 19.8. The van der Waals surface area contributed by atoms with Gasteiger partial charge in [0.1, 0.15) is 24.7 Å². The standard InChI is InChI=1S/C34H36ClNO4/c1-5-6-8-22(2)23(3)36-19-28-18-33-32(17-27(28)16-31(36)24(4)37)39-21-34(40-33)26-11-13-30(14-12-26)38-20-25-9-7-10-29(35)15-25/h5-15,17-18,23,31,34H,16,19-21H2,1-4H3/b6-5-,22-8+. The Kier molecular flexibility index (Phi) is 8.63. The molecule has 3 unspecified atom stereocenters. The predicted octanol–water partition coefficient (Wildman–Crippen LogP) is 7.66. The zero-order valence-corrected chi connectivity index (χ0v) is 24.3. The topological polar surface area (TPSA) is 48.0 Å². The van der Waals surface area contributed by atoms with Gasteiger partial charge < -0.3 is 14.2 Å². The van der Waals surface area contributed by atoms with Gasteiger partial charge in [0.2, 0.25) is 0 Å². The van der Waals surface area contributed by atoms with Crippen LogP contribution in [0.25, 0.3) is 0 Å². The zero-order valence-electron chi connectivity index (χ0n) is 23.5. The van der Waals surface area contributed by atoms with Crippen molar-refractivity contribution >= 4 is 17.4 Å². The van der Waals surface area contributed by atoms with Crippen LogP contribution >= 0.6 is 11.6 Å². The number of Topliss-reactive ketones (excluding diaryl/α,β-unsaturated/α-hetero) is 1. The third-order valence-corrected chi connectivity index (χ3v) is 8.05. The first-order valence-corrected chi connectivity index (χ1v) is 14.2. The van der Waals surface area contributed by atoms with Crippen LogP contribution in [0.3, 0.4) is 0 Å². The van der Waals surface area contributed by atoms with Crippen molar-refractivity contribution in [3.63, 3.8) is 0 Å². The molecule has 0 aliphatic carbocycles. The molecule has 3 aromatic carbocycles. The first-order chi connectivity index (χ1) is 19.3. The summed E-state index contributed by atoms with van der Waals surface area (Å²) in [5.74, 6) is 2.45. The van der Waals surface area contributed by atoms with Crippen LogP contribution in [0.2, 0.25) is 5.02 Å². The highest BCUT2D eigenvalue weighted by atomic mass is 35.5. The fourth-order valence-electron chi connectivity index (χ4n) is 5.34. The molecule has 2 heterocycles. The summed E-state index contributed by atoms with van der Waals surface area (Å²) in [4.78, 5) is 15.0. The summed E-state index contributed by atoms with van der Waals surface area (Å²) in [5.41, 5.74) is 5.60. The molecule has 0 amide bonds. The van der Waals surface area contributed by atoms with E-state index in [4.69, 9.17) is 25.8 Å². The van der Waals surface area contributed by atoms with Crippen molar-refractivity contribution in [2.45, 2.75) is 65.5 Å². The van der Waals surface area contributed by atoms with E-state index in [9.17, 15) is 4.79 Å². The number of halogens is 1. The molecule has 40 heavy (non-hydrogen) atoms. The Bertz CT molecular complexity index is 1430. The maximum absolute atomic E-state index is 12.7. The van der Waals surface area contributed by atoms with Crippen LogP contribution in [0, 0.1) is 0 Å². The summed E-state index contributed by atoms with van der Waals surface area (Å²) in [6.07, 6.45) is 6.64.